The Morgan fingerprint density at radius 3 is 2.19 bits per heavy atom. The monoisotopic (exact) mass is 288 g/mol. The van der Waals surface area contributed by atoms with Gasteiger partial charge in [-0.3, -0.25) is 14.4 Å². The highest BCUT2D eigenvalue weighted by Gasteiger charge is 2.50. The third-order valence-corrected chi connectivity index (χ3v) is 4.45. The third kappa shape index (κ3) is 2.75. The Morgan fingerprint density at radius 2 is 1.76 bits per heavy atom. The summed E-state index contributed by atoms with van der Waals surface area (Å²) in [6.07, 6.45) is 0.233. The fourth-order valence-electron chi connectivity index (χ4n) is 3.22. The van der Waals surface area contributed by atoms with Crippen molar-refractivity contribution >= 4 is 17.5 Å². The first kappa shape index (κ1) is 15.4. The fourth-order valence-corrected chi connectivity index (χ4v) is 3.22. The van der Waals surface area contributed by atoms with E-state index in [1.165, 1.54) is 0 Å². The van der Waals surface area contributed by atoms with Crippen LogP contribution in [0.3, 0.4) is 0 Å². The van der Waals surface area contributed by atoms with Crippen LogP contribution in [0.25, 0.3) is 0 Å². The number of ketones is 2. The van der Waals surface area contributed by atoms with E-state index >= 15 is 0 Å². The van der Waals surface area contributed by atoms with Gasteiger partial charge in [0.15, 0.2) is 5.78 Å². The predicted molar refractivity (Wildman–Crippen MR) is 78.3 cm³/mol. The number of aliphatic carboxylic acids is 1. The number of benzene rings is 1. The molecule has 1 fully saturated rings. The zero-order valence-corrected chi connectivity index (χ0v) is 12.7. The Labute approximate surface area is 124 Å². The second-order valence-electron chi connectivity index (χ2n) is 6.08. The first-order chi connectivity index (χ1) is 9.76. The molecule has 0 radical (unpaired) electrons. The number of Topliss-reactive ketones (excluding diaryl/α,β-unsaturated/α-hetero) is 2. The molecule has 21 heavy (non-hydrogen) atoms. The maximum absolute atomic E-state index is 12.6. The minimum atomic E-state index is -1.51. The molecular formula is C17H20O4. The van der Waals surface area contributed by atoms with Crippen LogP contribution in [0.15, 0.2) is 12.1 Å². The molecule has 1 aliphatic rings. The number of carboxylic acid groups (broad SMARTS) is 1. The summed E-state index contributed by atoms with van der Waals surface area (Å²) in [5.41, 5.74) is 2.47. The highest BCUT2D eigenvalue weighted by Crippen LogP contribution is 2.38. The Bertz CT molecular complexity index is 607. The van der Waals surface area contributed by atoms with Gasteiger partial charge in [-0.05, 0) is 43.9 Å². The van der Waals surface area contributed by atoms with Crippen LogP contribution >= 0.6 is 0 Å². The van der Waals surface area contributed by atoms with Gasteiger partial charge in [-0.2, -0.15) is 0 Å². The number of carbonyl (C=O) groups is 3. The molecule has 1 aliphatic carbocycles. The van der Waals surface area contributed by atoms with Gasteiger partial charge in [0, 0.05) is 19.3 Å². The van der Waals surface area contributed by atoms with Gasteiger partial charge in [0.1, 0.15) is 11.2 Å². The molecule has 1 unspecified atom stereocenters. The molecule has 0 aliphatic heterocycles. The van der Waals surface area contributed by atoms with Gasteiger partial charge >= 0.3 is 5.97 Å². The van der Waals surface area contributed by atoms with Gasteiger partial charge in [-0.15, -0.1) is 0 Å². The summed E-state index contributed by atoms with van der Waals surface area (Å²) in [4.78, 5) is 35.6. The fraction of sp³-hybridized carbons (Fsp3) is 0.471. The maximum Gasteiger partial charge on any atom is 0.317 e. The van der Waals surface area contributed by atoms with Crippen molar-refractivity contribution in [3.63, 3.8) is 0 Å². The molecule has 1 N–H and O–H groups in total. The first-order valence-corrected chi connectivity index (χ1v) is 7.11. The van der Waals surface area contributed by atoms with E-state index in [-0.39, 0.29) is 37.2 Å². The van der Waals surface area contributed by atoms with E-state index in [0.717, 1.165) is 22.3 Å². The standard InChI is InChI=1S/C17H20O4/c1-10-6-11(2)14(12(3)7-10)8-15(19)17(16(20)21)5-4-13(18)9-17/h6-7H,4-5,8-9H2,1-3H3,(H,20,21). The van der Waals surface area contributed by atoms with Crippen LogP contribution in [0.4, 0.5) is 0 Å². The lowest BCUT2D eigenvalue weighted by molar-refractivity contribution is -0.155. The van der Waals surface area contributed by atoms with Crippen LogP contribution in [0.1, 0.15) is 41.5 Å². The van der Waals surface area contributed by atoms with Crippen LogP contribution in [-0.4, -0.2) is 22.6 Å². The quantitative estimate of drug-likeness (QED) is 0.864. The Morgan fingerprint density at radius 1 is 1.19 bits per heavy atom. The summed E-state index contributed by atoms with van der Waals surface area (Å²) < 4.78 is 0. The number of rotatable bonds is 4. The molecule has 4 nitrogen and oxygen atoms in total. The summed E-state index contributed by atoms with van der Waals surface area (Å²) in [7, 11) is 0. The normalized spacial score (nSPS) is 21.6. The molecule has 0 bridgehead atoms. The number of aryl methyl sites for hydroxylation is 3. The number of carbonyl (C=O) groups excluding carboxylic acids is 2. The van der Waals surface area contributed by atoms with E-state index in [1.807, 2.05) is 32.9 Å². The van der Waals surface area contributed by atoms with E-state index in [4.69, 9.17) is 0 Å². The second kappa shape index (κ2) is 5.43. The van der Waals surface area contributed by atoms with Crippen molar-refractivity contribution in [3.8, 4) is 0 Å². The molecule has 112 valence electrons. The summed E-state index contributed by atoms with van der Waals surface area (Å²) in [5, 5.41) is 9.44. The molecule has 1 aromatic carbocycles. The second-order valence-corrected chi connectivity index (χ2v) is 6.08. The molecule has 1 atom stereocenters. The van der Waals surface area contributed by atoms with Crippen molar-refractivity contribution in [2.45, 2.75) is 46.5 Å². The topological polar surface area (TPSA) is 71.4 Å². The molecule has 4 heteroatoms. The molecule has 1 saturated carbocycles. The van der Waals surface area contributed by atoms with Crippen LogP contribution in [0, 0.1) is 26.2 Å². The molecule has 0 saturated heterocycles. The highest BCUT2D eigenvalue weighted by atomic mass is 16.4. The largest absolute Gasteiger partial charge is 0.480 e. The van der Waals surface area contributed by atoms with Gasteiger partial charge in [0.2, 0.25) is 0 Å². The van der Waals surface area contributed by atoms with Crippen LogP contribution in [0.2, 0.25) is 0 Å². The lowest BCUT2D eigenvalue weighted by Gasteiger charge is -2.22. The van der Waals surface area contributed by atoms with E-state index in [2.05, 4.69) is 0 Å². The maximum atomic E-state index is 12.6. The highest BCUT2D eigenvalue weighted by molar-refractivity contribution is 6.09. The summed E-state index contributed by atoms with van der Waals surface area (Å²) >= 11 is 0. The van der Waals surface area contributed by atoms with E-state index in [9.17, 15) is 19.5 Å². The third-order valence-electron chi connectivity index (χ3n) is 4.45. The van der Waals surface area contributed by atoms with Crippen LogP contribution in [0.5, 0.6) is 0 Å². The minimum Gasteiger partial charge on any atom is -0.480 e. The predicted octanol–water partition coefficient (Wildman–Crippen LogP) is 2.55. The van der Waals surface area contributed by atoms with Crippen molar-refractivity contribution in [2.75, 3.05) is 0 Å². The lowest BCUT2D eigenvalue weighted by Crippen LogP contribution is -2.38. The van der Waals surface area contributed by atoms with Crippen molar-refractivity contribution < 1.29 is 19.5 Å². The smallest absolute Gasteiger partial charge is 0.317 e. The zero-order valence-electron chi connectivity index (χ0n) is 12.7. The Balaban J connectivity index is 2.33. The van der Waals surface area contributed by atoms with E-state index in [1.54, 1.807) is 0 Å². The number of carboxylic acids is 1. The lowest BCUT2D eigenvalue weighted by atomic mass is 9.78. The van der Waals surface area contributed by atoms with Crippen molar-refractivity contribution in [1.82, 2.24) is 0 Å². The number of hydrogen-bond acceptors (Lipinski definition) is 3. The van der Waals surface area contributed by atoms with Crippen LogP contribution < -0.4 is 0 Å². The Hall–Kier alpha value is -1.97. The van der Waals surface area contributed by atoms with Gasteiger partial charge < -0.3 is 5.11 Å². The molecule has 0 aromatic heterocycles. The van der Waals surface area contributed by atoms with Gasteiger partial charge in [0.05, 0.1) is 0 Å². The molecule has 0 heterocycles. The zero-order chi connectivity index (χ0) is 15.8. The first-order valence-electron chi connectivity index (χ1n) is 7.11. The van der Waals surface area contributed by atoms with Crippen molar-refractivity contribution in [2.24, 2.45) is 5.41 Å². The van der Waals surface area contributed by atoms with Gasteiger partial charge in [0.25, 0.3) is 0 Å². The molecule has 2 rings (SSSR count). The molecule has 0 amide bonds. The SMILES string of the molecule is Cc1cc(C)c(CC(=O)C2(C(=O)O)CCC(=O)C2)c(C)c1. The van der Waals surface area contributed by atoms with Crippen molar-refractivity contribution in [1.29, 1.82) is 0 Å². The summed E-state index contributed by atoms with van der Waals surface area (Å²) in [5.74, 6) is -1.65. The van der Waals surface area contributed by atoms with Gasteiger partial charge in [-0.1, -0.05) is 17.7 Å². The minimum absolute atomic E-state index is 0.0809. The van der Waals surface area contributed by atoms with Crippen LogP contribution in [-0.2, 0) is 20.8 Å². The van der Waals surface area contributed by atoms with Gasteiger partial charge in [-0.25, -0.2) is 0 Å². The number of hydrogen-bond donors (Lipinski definition) is 1. The molecule has 0 spiro atoms. The summed E-state index contributed by atoms with van der Waals surface area (Å²) in [6, 6.07) is 3.98. The average Bonchev–Trinajstić information content (AvgIpc) is 2.77. The van der Waals surface area contributed by atoms with E-state index in [0.29, 0.717) is 0 Å². The van der Waals surface area contributed by atoms with Crippen molar-refractivity contribution in [3.05, 3.63) is 34.4 Å². The molecular weight excluding hydrogens is 268 g/mol. The summed E-state index contributed by atoms with van der Waals surface area (Å²) in [6.45, 7) is 5.84. The Kier molecular flexibility index (Phi) is 3.99. The molecule has 1 aromatic rings. The van der Waals surface area contributed by atoms with E-state index < -0.39 is 11.4 Å². The average molecular weight is 288 g/mol.